The van der Waals surface area contributed by atoms with Crippen molar-refractivity contribution in [1.29, 1.82) is 0 Å². The number of aromatic nitrogens is 1. The van der Waals surface area contributed by atoms with Crippen LogP contribution in [0.15, 0.2) is 71.9 Å². The van der Waals surface area contributed by atoms with E-state index in [4.69, 9.17) is 9.47 Å². The molecule has 0 aliphatic carbocycles. The predicted molar refractivity (Wildman–Crippen MR) is 120 cm³/mol. The average Bonchev–Trinajstić information content (AvgIpc) is 2.78. The highest BCUT2D eigenvalue weighted by molar-refractivity contribution is 7.98. The number of anilines is 1. The average molecular weight is 424 g/mol. The number of carbonyl (C=O) groups excluding carboxylic acids is 1. The summed E-state index contributed by atoms with van der Waals surface area (Å²) in [6, 6.07) is 18.6. The molecule has 3 aromatic rings. The molecule has 0 aliphatic rings. The number of pyridine rings is 1. The zero-order valence-electron chi connectivity index (χ0n) is 17.2. The van der Waals surface area contributed by atoms with E-state index in [2.05, 4.69) is 15.6 Å². The predicted octanol–water partition coefficient (Wildman–Crippen LogP) is 5.27. The van der Waals surface area contributed by atoms with Crippen LogP contribution < -0.4 is 20.1 Å². The number of methoxy groups -OCH3 is 2. The van der Waals surface area contributed by atoms with Crippen molar-refractivity contribution in [1.82, 2.24) is 10.3 Å². The van der Waals surface area contributed by atoms with E-state index in [0.717, 1.165) is 27.6 Å². The summed E-state index contributed by atoms with van der Waals surface area (Å²) in [5, 5.41) is 6.81. The van der Waals surface area contributed by atoms with Crippen LogP contribution in [0.5, 0.6) is 11.5 Å². The van der Waals surface area contributed by atoms with Crippen molar-refractivity contribution in [3.63, 3.8) is 0 Å². The van der Waals surface area contributed by atoms with E-state index in [0.29, 0.717) is 11.5 Å². The highest BCUT2D eigenvalue weighted by atomic mass is 32.2. The topological polar surface area (TPSA) is 72.5 Å². The van der Waals surface area contributed by atoms with Gasteiger partial charge in [0.15, 0.2) is 0 Å². The summed E-state index contributed by atoms with van der Waals surface area (Å²) < 4.78 is 10.7. The van der Waals surface area contributed by atoms with Crippen LogP contribution in [-0.2, 0) is 5.75 Å². The fourth-order valence-corrected chi connectivity index (χ4v) is 3.75. The molecule has 6 nitrogen and oxygen atoms in total. The molecule has 0 bridgehead atoms. The largest absolute Gasteiger partial charge is 0.497 e. The number of urea groups is 1. The second-order valence-corrected chi connectivity index (χ2v) is 7.58. The molecule has 1 aromatic heterocycles. The quantitative estimate of drug-likeness (QED) is 0.483. The zero-order valence-corrected chi connectivity index (χ0v) is 18.0. The normalized spacial score (nSPS) is 11.4. The number of hydrogen-bond acceptors (Lipinski definition) is 5. The highest BCUT2D eigenvalue weighted by Gasteiger charge is 2.15. The van der Waals surface area contributed by atoms with E-state index in [-0.39, 0.29) is 12.1 Å². The number of ether oxygens (including phenoxy) is 2. The number of rotatable bonds is 8. The summed E-state index contributed by atoms with van der Waals surface area (Å²) in [4.78, 5) is 16.8. The van der Waals surface area contributed by atoms with Gasteiger partial charge in [0.1, 0.15) is 11.5 Å². The molecule has 2 amide bonds. The Kier molecular flexibility index (Phi) is 7.57. The van der Waals surface area contributed by atoms with Crippen LogP contribution >= 0.6 is 11.8 Å². The summed E-state index contributed by atoms with van der Waals surface area (Å²) in [6.45, 7) is 1.90. The van der Waals surface area contributed by atoms with E-state index in [1.807, 2.05) is 67.6 Å². The maximum atomic E-state index is 12.5. The van der Waals surface area contributed by atoms with E-state index in [9.17, 15) is 4.79 Å². The Morgan fingerprint density at radius 1 is 1.07 bits per heavy atom. The van der Waals surface area contributed by atoms with Gasteiger partial charge in [-0.15, -0.1) is 11.8 Å². The lowest BCUT2D eigenvalue weighted by Crippen LogP contribution is -2.31. The molecule has 1 unspecified atom stereocenters. The Morgan fingerprint density at radius 3 is 2.67 bits per heavy atom. The maximum Gasteiger partial charge on any atom is 0.319 e. The minimum absolute atomic E-state index is 0.266. The maximum absolute atomic E-state index is 12.5. The third kappa shape index (κ3) is 5.90. The van der Waals surface area contributed by atoms with Crippen molar-refractivity contribution in [2.75, 3.05) is 19.5 Å². The van der Waals surface area contributed by atoms with Crippen LogP contribution in [-0.4, -0.2) is 25.2 Å². The van der Waals surface area contributed by atoms with Crippen LogP contribution in [0.2, 0.25) is 0 Å². The van der Waals surface area contributed by atoms with Crippen LogP contribution in [0.1, 0.15) is 24.1 Å². The lowest BCUT2D eigenvalue weighted by molar-refractivity contribution is 0.249. The summed E-state index contributed by atoms with van der Waals surface area (Å²) in [5.41, 5.74) is 2.68. The molecule has 0 aliphatic heterocycles. The molecule has 3 rings (SSSR count). The molecule has 30 heavy (non-hydrogen) atoms. The fourth-order valence-electron chi connectivity index (χ4n) is 2.95. The molecule has 7 heteroatoms. The first kappa shape index (κ1) is 21.5. The molecule has 0 spiro atoms. The number of amides is 2. The van der Waals surface area contributed by atoms with Gasteiger partial charge in [0, 0.05) is 23.2 Å². The van der Waals surface area contributed by atoms with Gasteiger partial charge in [0.25, 0.3) is 0 Å². The molecule has 0 radical (unpaired) electrons. The van der Waals surface area contributed by atoms with Crippen molar-refractivity contribution >= 4 is 23.5 Å². The molecular weight excluding hydrogens is 398 g/mol. The van der Waals surface area contributed by atoms with Crippen molar-refractivity contribution in [2.45, 2.75) is 23.7 Å². The molecule has 1 atom stereocenters. The lowest BCUT2D eigenvalue weighted by Gasteiger charge is -2.18. The number of carbonyl (C=O) groups is 1. The Bertz CT molecular complexity index is 982. The van der Waals surface area contributed by atoms with Crippen LogP contribution in [0.3, 0.4) is 0 Å². The van der Waals surface area contributed by atoms with Crippen molar-refractivity contribution in [2.24, 2.45) is 0 Å². The van der Waals surface area contributed by atoms with Gasteiger partial charge in [-0.25, -0.2) is 9.78 Å². The van der Waals surface area contributed by atoms with Gasteiger partial charge in [-0.3, -0.25) is 0 Å². The number of benzene rings is 2. The third-order valence-electron chi connectivity index (χ3n) is 4.46. The Morgan fingerprint density at radius 2 is 1.93 bits per heavy atom. The first-order valence-corrected chi connectivity index (χ1v) is 10.5. The zero-order chi connectivity index (χ0) is 21.3. The molecule has 0 saturated heterocycles. The third-order valence-corrected chi connectivity index (χ3v) is 5.48. The van der Waals surface area contributed by atoms with Crippen LogP contribution in [0, 0.1) is 0 Å². The molecule has 2 N–H and O–H groups in total. The molecular formula is C23H25N3O3S. The summed E-state index contributed by atoms with van der Waals surface area (Å²) >= 11 is 1.65. The van der Waals surface area contributed by atoms with Gasteiger partial charge in [0.05, 0.1) is 25.3 Å². The summed E-state index contributed by atoms with van der Waals surface area (Å²) in [7, 11) is 3.21. The van der Waals surface area contributed by atoms with Crippen molar-refractivity contribution in [3.05, 3.63) is 78.0 Å². The van der Waals surface area contributed by atoms with Crippen LogP contribution in [0.25, 0.3) is 0 Å². The van der Waals surface area contributed by atoms with Gasteiger partial charge in [0.2, 0.25) is 0 Å². The van der Waals surface area contributed by atoms with Gasteiger partial charge >= 0.3 is 6.03 Å². The standard InChI is InChI=1S/C23H25N3O3S/c1-16(20-14-19(28-2)10-11-21(20)29-3)25-23(27)26-18-8-6-7-17(13-18)15-30-22-9-4-5-12-24-22/h4-14,16H,15H2,1-3H3,(H2,25,26,27). The minimum atomic E-state index is -0.290. The second kappa shape index (κ2) is 10.5. The van der Waals surface area contributed by atoms with Crippen molar-refractivity contribution in [3.8, 4) is 11.5 Å². The number of thioether (sulfide) groups is 1. The molecule has 0 saturated carbocycles. The lowest BCUT2D eigenvalue weighted by atomic mass is 10.1. The van der Waals surface area contributed by atoms with E-state index in [1.54, 1.807) is 32.2 Å². The molecule has 1 heterocycles. The molecule has 0 fully saturated rings. The second-order valence-electron chi connectivity index (χ2n) is 6.59. The Labute approximate surface area is 181 Å². The SMILES string of the molecule is COc1ccc(OC)c(C(C)NC(=O)Nc2cccc(CSc3ccccn3)c2)c1. The summed E-state index contributed by atoms with van der Waals surface area (Å²) in [6.07, 6.45) is 1.78. The molecule has 156 valence electrons. The molecule has 2 aromatic carbocycles. The van der Waals surface area contributed by atoms with E-state index >= 15 is 0 Å². The van der Waals surface area contributed by atoms with Crippen LogP contribution in [0.4, 0.5) is 10.5 Å². The summed E-state index contributed by atoms with van der Waals surface area (Å²) in [5.74, 6) is 2.17. The monoisotopic (exact) mass is 423 g/mol. The first-order chi connectivity index (χ1) is 14.6. The van der Waals surface area contributed by atoms with Gasteiger partial charge in [-0.1, -0.05) is 18.2 Å². The Hall–Kier alpha value is -3.19. The van der Waals surface area contributed by atoms with E-state index in [1.165, 1.54) is 0 Å². The number of nitrogens with one attached hydrogen (secondary N) is 2. The number of hydrogen-bond donors (Lipinski definition) is 2. The first-order valence-electron chi connectivity index (χ1n) is 9.51. The number of nitrogens with zero attached hydrogens (tertiary/aromatic N) is 1. The van der Waals surface area contributed by atoms with Gasteiger partial charge in [-0.2, -0.15) is 0 Å². The van der Waals surface area contributed by atoms with Gasteiger partial charge < -0.3 is 20.1 Å². The smallest absolute Gasteiger partial charge is 0.319 e. The van der Waals surface area contributed by atoms with Crippen molar-refractivity contribution < 1.29 is 14.3 Å². The minimum Gasteiger partial charge on any atom is -0.497 e. The fraction of sp³-hybridized carbons (Fsp3) is 0.217. The Balaban J connectivity index is 1.61. The highest BCUT2D eigenvalue weighted by Crippen LogP contribution is 2.29. The van der Waals surface area contributed by atoms with E-state index < -0.39 is 0 Å². The van der Waals surface area contributed by atoms with Gasteiger partial charge in [-0.05, 0) is 55.0 Å².